The SMILES string of the molecule is CC(C)c1nc(CCc2ccccc2)c(N)n1C. The summed E-state index contributed by atoms with van der Waals surface area (Å²) in [5.41, 5.74) is 8.45. The van der Waals surface area contributed by atoms with Gasteiger partial charge in [-0.2, -0.15) is 0 Å². The molecule has 18 heavy (non-hydrogen) atoms. The van der Waals surface area contributed by atoms with Gasteiger partial charge in [-0.05, 0) is 18.4 Å². The van der Waals surface area contributed by atoms with Crippen molar-refractivity contribution in [1.82, 2.24) is 9.55 Å². The normalized spacial score (nSPS) is 11.1. The van der Waals surface area contributed by atoms with Crippen molar-refractivity contribution in [2.45, 2.75) is 32.6 Å². The van der Waals surface area contributed by atoms with Crippen LogP contribution in [-0.2, 0) is 19.9 Å². The minimum atomic E-state index is 0.405. The van der Waals surface area contributed by atoms with E-state index in [1.807, 2.05) is 17.7 Å². The maximum absolute atomic E-state index is 6.11. The van der Waals surface area contributed by atoms with Gasteiger partial charge in [0.25, 0.3) is 0 Å². The summed E-state index contributed by atoms with van der Waals surface area (Å²) in [7, 11) is 1.99. The lowest BCUT2D eigenvalue weighted by Crippen LogP contribution is -2.03. The Kier molecular flexibility index (Phi) is 3.70. The number of aromatic nitrogens is 2. The molecule has 0 aliphatic heterocycles. The predicted molar refractivity (Wildman–Crippen MR) is 75.6 cm³/mol. The molecule has 1 aromatic heterocycles. The average Bonchev–Trinajstić information content (AvgIpc) is 2.65. The fraction of sp³-hybridized carbons (Fsp3) is 0.400. The zero-order valence-electron chi connectivity index (χ0n) is 11.4. The molecule has 0 amide bonds. The van der Waals surface area contributed by atoms with E-state index in [1.165, 1.54) is 5.56 Å². The summed E-state index contributed by atoms with van der Waals surface area (Å²) in [5, 5.41) is 0. The number of hydrogen-bond donors (Lipinski definition) is 1. The number of aryl methyl sites for hydroxylation is 2. The van der Waals surface area contributed by atoms with Crippen molar-refractivity contribution in [2.24, 2.45) is 7.05 Å². The van der Waals surface area contributed by atoms with Gasteiger partial charge in [-0.15, -0.1) is 0 Å². The second kappa shape index (κ2) is 5.25. The number of nitrogens with two attached hydrogens (primary N) is 1. The van der Waals surface area contributed by atoms with E-state index in [-0.39, 0.29) is 0 Å². The van der Waals surface area contributed by atoms with Gasteiger partial charge in [-0.3, -0.25) is 0 Å². The topological polar surface area (TPSA) is 43.8 Å². The molecule has 1 aromatic carbocycles. The first-order chi connectivity index (χ1) is 8.59. The van der Waals surface area contributed by atoms with Gasteiger partial charge in [0.2, 0.25) is 0 Å². The Morgan fingerprint density at radius 2 is 1.83 bits per heavy atom. The summed E-state index contributed by atoms with van der Waals surface area (Å²) in [6, 6.07) is 10.5. The molecule has 0 saturated heterocycles. The second-order valence-corrected chi connectivity index (χ2v) is 5.00. The molecule has 0 atom stereocenters. The zero-order valence-corrected chi connectivity index (χ0v) is 11.4. The highest BCUT2D eigenvalue weighted by atomic mass is 15.1. The van der Waals surface area contributed by atoms with Crippen molar-refractivity contribution in [2.75, 3.05) is 5.73 Å². The monoisotopic (exact) mass is 243 g/mol. The molecule has 0 aliphatic rings. The number of anilines is 1. The molecule has 0 aliphatic carbocycles. The maximum Gasteiger partial charge on any atom is 0.126 e. The zero-order chi connectivity index (χ0) is 13.1. The predicted octanol–water partition coefficient (Wildman–Crippen LogP) is 2.91. The quantitative estimate of drug-likeness (QED) is 0.897. The van der Waals surface area contributed by atoms with Crippen molar-refractivity contribution in [3.8, 4) is 0 Å². The molecule has 2 aromatic rings. The molecule has 0 saturated carbocycles. The maximum atomic E-state index is 6.11. The first-order valence-corrected chi connectivity index (χ1v) is 6.44. The summed E-state index contributed by atoms with van der Waals surface area (Å²) < 4.78 is 2.00. The molecule has 0 spiro atoms. The molecule has 0 fully saturated rings. The Morgan fingerprint density at radius 1 is 1.17 bits per heavy atom. The first kappa shape index (κ1) is 12.7. The van der Waals surface area contributed by atoms with Crippen LogP contribution in [0.1, 0.15) is 36.8 Å². The lowest BCUT2D eigenvalue weighted by Gasteiger charge is -2.04. The van der Waals surface area contributed by atoms with Crippen LogP contribution in [-0.4, -0.2) is 9.55 Å². The standard InChI is InChI=1S/C15H21N3/c1-11(2)15-17-13(14(16)18(15)3)10-9-12-7-5-4-6-8-12/h4-8,11H,9-10,16H2,1-3H3. The van der Waals surface area contributed by atoms with E-state index in [2.05, 4.69) is 43.1 Å². The second-order valence-electron chi connectivity index (χ2n) is 5.00. The minimum absolute atomic E-state index is 0.405. The van der Waals surface area contributed by atoms with Crippen LogP contribution in [0, 0.1) is 0 Å². The fourth-order valence-corrected chi connectivity index (χ4v) is 2.20. The lowest BCUT2D eigenvalue weighted by molar-refractivity contribution is 0.713. The van der Waals surface area contributed by atoms with Gasteiger partial charge in [0.1, 0.15) is 11.6 Å². The Balaban J connectivity index is 2.13. The summed E-state index contributed by atoms with van der Waals surface area (Å²) in [6.07, 6.45) is 1.88. The van der Waals surface area contributed by atoms with E-state index in [4.69, 9.17) is 5.73 Å². The third-order valence-corrected chi connectivity index (χ3v) is 3.26. The summed E-state index contributed by atoms with van der Waals surface area (Å²) in [5.74, 6) is 2.27. The molecule has 3 heteroatoms. The smallest absolute Gasteiger partial charge is 0.126 e. The van der Waals surface area contributed by atoms with Gasteiger partial charge in [0.15, 0.2) is 0 Å². The van der Waals surface area contributed by atoms with Crippen molar-refractivity contribution in [3.63, 3.8) is 0 Å². The highest BCUT2D eigenvalue weighted by molar-refractivity contribution is 5.39. The summed E-state index contributed by atoms with van der Waals surface area (Å²) in [4.78, 5) is 4.66. The number of nitrogens with zero attached hydrogens (tertiary/aromatic N) is 2. The van der Waals surface area contributed by atoms with Gasteiger partial charge < -0.3 is 10.3 Å². The lowest BCUT2D eigenvalue weighted by atomic mass is 10.1. The van der Waals surface area contributed by atoms with Crippen LogP contribution >= 0.6 is 0 Å². The van der Waals surface area contributed by atoms with E-state index in [9.17, 15) is 0 Å². The number of rotatable bonds is 4. The molecule has 2 rings (SSSR count). The van der Waals surface area contributed by atoms with Gasteiger partial charge in [0, 0.05) is 13.0 Å². The van der Waals surface area contributed by atoms with Gasteiger partial charge in [-0.1, -0.05) is 44.2 Å². The largest absolute Gasteiger partial charge is 0.384 e. The third kappa shape index (κ3) is 2.55. The van der Waals surface area contributed by atoms with E-state index >= 15 is 0 Å². The van der Waals surface area contributed by atoms with E-state index in [0.29, 0.717) is 5.92 Å². The molecule has 96 valence electrons. The van der Waals surface area contributed by atoms with Crippen LogP contribution in [0.2, 0.25) is 0 Å². The van der Waals surface area contributed by atoms with E-state index in [1.54, 1.807) is 0 Å². The molecular formula is C15H21N3. The van der Waals surface area contributed by atoms with Crippen molar-refractivity contribution in [3.05, 3.63) is 47.4 Å². The van der Waals surface area contributed by atoms with Crippen LogP contribution in [0.3, 0.4) is 0 Å². The molecule has 1 heterocycles. The van der Waals surface area contributed by atoms with Crippen molar-refractivity contribution < 1.29 is 0 Å². The Hall–Kier alpha value is -1.77. The van der Waals surface area contributed by atoms with Crippen LogP contribution < -0.4 is 5.73 Å². The highest BCUT2D eigenvalue weighted by Crippen LogP contribution is 2.20. The highest BCUT2D eigenvalue weighted by Gasteiger charge is 2.14. The molecule has 0 bridgehead atoms. The molecule has 3 nitrogen and oxygen atoms in total. The summed E-state index contributed by atoms with van der Waals surface area (Å²) in [6.45, 7) is 4.28. The molecule has 2 N–H and O–H groups in total. The van der Waals surface area contributed by atoms with Crippen LogP contribution in [0.4, 0.5) is 5.82 Å². The van der Waals surface area contributed by atoms with Gasteiger partial charge in [0.05, 0.1) is 5.69 Å². The Bertz CT molecular complexity index is 512. The van der Waals surface area contributed by atoms with Crippen molar-refractivity contribution >= 4 is 5.82 Å². The Labute approximate surface area is 109 Å². The number of hydrogen-bond acceptors (Lipinski definition) is 2. The third-order valence-electron chi connectivity index (χ3n) is 3.26. The fourth-order valence-electron chi connectivity index (χ4n) is 2.20. The first-order valence-electron chi connectivity index (χ1n) is 6.44. The molecule has 0 radical (unpaired) electrons. The Morgan fingerprint density at radius 3 is 2.39 bits per heavy atom. The van der Waals surface area contributed by atoms with Crippen LogP contribution in [0.15, 0.2) is 30.3 Å². The van der Waals surface area contributed by atoms with Crippen LogP contribution in [0.25, 0.3) is 0 Å². The number of benzene rings is 1. The van der Waals surface area contributed by atoms with Gasteiger partial charge in [-0.25, -0.2) is 4.98 Å². The van der Waals surface area contributed by atoms with Crippen molar-refractivity contribution in [1.29, 1.82) is 0 Å². The molecular weight excluding hydrogens is 222 g/mol. The van der Waals surface area contributed by atoms with E-state index < -0.39 is 0 Å². The average molecular weight is 243 g/mol. The molecule has 0 unspecified atom stereocenters. The number of imidazole rings is 1. The van der Waals surface area contributed by atoms with Gasteiger partial charge >= 0.3 is 0 Å². The summed E-state index contributed by atoms with van der Waals surface area (Å²) >= 11 is 0. The van der Waals surface area contributed by atoms with E-state index in [0.717, 1.165) is 30.2 Å². The number of nitrogen functional groups attached to an aromatic ring is 1. The van der Waals surface area contributed by atoms with Crippen LogP contribution in [0.5, 0.6) is 0 Å². The minimum Gasteiger partial charge on any atom is -0.384 e.